The second kappa shape index (κ2) is 5.02. The van der Waals surface area contributed by atoms with Crippen molar-refractivity contribution in [1.82, 2.24) is 4.90 Å². The zero-order valence-corrected chi connectivity index (χ0v) is 10.3. The maximum atomic E-state index is 5.65. The minimum atomic E-state index is 0.492. The second-order valence-electron chi connectivity index (χ2n) is 5.03. The predicted octanol–water partition coefficient (Wildman–Crippen LogP) is 2.36. The number of hydrogen-bond acceptors (Lipinski definition) is 3. The van der Waals surface area contributed by atoms with Crippen molar-refractivity contribution in [3.63, 3.8) is 0 Å². The van der Waals surface area contributed by atoms with Gasteiger partial charge in [-0.3, -0.25) is 4.90 Å². The van der Waals surface area contributed by atoms with Gasteiger partial charge in [0, 0.05) is 12.6 Å². The standard InChI is InChI=1S/C13H22N2O/c1-10-3-4-11(2)15(8-10)9-13-6-5-12(7-14)16-13/h5-6,10-11H,3-4,7-9,14H2,1-2H3. The molecule has 16 heavy (non-hydrogen) atoms. The summed E-state index contributed by atoms with van der Waals surface area (Å²) in [4.78, 5) is 2.51. The zero-order chi connectivity index (χ0) is 11.5. The number of hydrogen-bond donors (Lipinski definition) is 1. The molecule has 0 aromatic carbocycles. The average molecular weight is 222 g/mol. The minimum Gasteiger partial charge on any atom is -0.463 e. The Balaban J connectivity index is 1.97. The van der Waals surface area contributed by atoms with E-state index in [4.69, 9.17) is 10.2 Å². The van der Waals surface area contributed by atoms with E-state index in [1.807, 2.05) is 12.1 Å². The van der Waals surface area contributed by atoms with Crippen LogP contribution < -0.4 is 5.73 Å². The molecule has 1 aromatic rings. The van der Waals surface area contributed by atoms with Crippen LogP contribution >= 0.6 is 0 Å². The van der Waals surface area contributed by atoms with Gasteiger partial charge in [0.2, 0.25) is 0 Å². The Labute approximate surface area is 97.6 Å². The van der Waals surface area contributed by atoms with Crippen LogP contribution in [0.25, 0.3) is 0 Å². The van der Waals surface area contributed by atoms with Crippen LogP contribution in [0.2, 0.25) is 0 Å². The van der Waals surface area contributed by atoms with Gasteiger partial charge in [-0.1, -0.05) is 6.92 Å². The summed E-state index contributed by atoms with van der Waals surface area (Å²) in [5, 5.41) is 0. The molecule has 0 aliphatic carbocycles. The summed E-state index contributed by atoms with van der Waals surface area (Å²) in [5.74, 6) is 2.73. The highest BCUT2D eigenvalue weighted by Crippen LogP contribution is 2.23. The van der Waals surface area contributed by atoms with E-state index < -0.39 is 0 Å². The van der Waals surface area contributed by atoms with Gasteiger partial charge in [0.15, 0.2) is 0 Å². The summed E-state index contributed by atoms with van der Waals surface area (Å²) in [7, 11) is 0. The van der Waals surface area contributed by atoms with E-state index in [-0.39, 0.29) is 0 Å². The van der Waals surface area contributed by atoms with E-state index in [1.165, 1.54) is 19.4 Å². The zero-order valence-electron chi connectivity index (χ0n) is 10.3. The fourth-order valence-electron chi connectivity index (χ4n) is 2.42. The van der Waals surface area contributed by atoms with E-state index in [0.29, 0.717) is 12.6 Å². The van der Waals surface area contributed by atoms with E-state index in [1.54, 1.807) is 0 Å². The molecule has 1 aliphatic rings. The Hall–Kier alpha value is -0.800. The first-order chi connectivity index (χ1) is 7.69. The molecule has 0 amide bonds. The minimum absolute atomic E-state index is 0.492. The van der Waals surface area contributed by atoms with Gasteiger partial charge >= 0.3 is 0 Å². The molecule has 0 saturated carbocycles. The van der Waals surface area contributed by atoms with Gasteiger partial charge in [-0.25, -0.2) is 0 Å². The van der Waals surface area contributed by atoms with Crippen molar-refractivity contribution in [2.24, 2.45) is 11.7 Å². The average Bonchev–Trinajstić information content (AvgIpc) is 2.71. The van der Waals surface area contributed by atoms with Crippen LogP contribution in [0.15, 0.2) is 16.5 Å². The molecule has 2 rings (SSSR count). The molecule has 3 heteroatoms. The normalized spacial score (nSPS) is 27.2. The summed E-state index contributed by atoms with van der Waals surface area (Å²) >= 11 is 0. The lowest BCUT2D eigenvalue weighted by Gasteiger charge is -2.36. The highest BCUT2D eigenvalue weighted by molar-refractivity contribution is 5.07. The first-order valence-corrected chi connectivity index (χ1v) is 6.20. The number of nitrogens with two attached hydrogens (primary N) is 1. The molecule has 0 radical (unpaired) electrons. The summed E-state index contributed by atoms with van der Waals surface area (Å²) in [5.41, 5.74) is 5.54. The molecule has 0 bridgehead atoms. The van der Waals surface area contributed by atoms with Gasteiger partial charge in [0.1, 0.15) is 11.5 Å². The highest BCUT2D eigenvalue weighted by Gasteiger charge is 2.23. The van der Waals surface area contributed by atoms with Crippen molar-refractivity contribution >= 4 is 0 Å². The number of rotatable bonds is 3. The van der Waals surface area contributed by atoms with Crippen LogP contribution in [0.5, 0.6) is 0 Å². The fourth-order valence-corrected chi connectivity index (χ4v) is 2.42. The SMILES string of the molecule is CC1CCC(C)N(Cc2ccc(CN)o2)C1. The van der Waals surface area contributed by atoms with E-state index in [0.717, 1.165) is 24.0 Å². The van der Waals surface area contributed by atoms with Crippen molar-refractivity contribution in [2.75, 3.05) is 6.54 Å². The molecular weight excluding hydrogens is 200 g/mol. The molecule has 1 fully saturated rings. The third-order valence-electron chi connectivity index (χ3n) is 3.52. The molecule has 3 nitrogen and oxygen atoms in total. The lowest BCUT2D eigenvalue weighted by Crippen LogP contribution is -2.40. The van der Waals surface area contributed by atoms with Crippen LogP contribution in [0.4, 0.5) is 0 Å². The monoisotopic (exact) mass is 222 g/mol. The largest absolute Gasteiger partial charge is 0.463 e. The summed E-state index contributed by atoms with van der Waals surface area (Å²) in [6.07, 6.45) is 2.65. The van der Waals surface area contributed by atoms with Gasteiger partial charge in [-0.2, -0.15) is 0 Å². The Kier molecular flexibility index (Phi) is 3.66. The van der Waals surface area contributed by atoms with Crippen molar-refractivity contribution in [2.45, 2.75) is 45.8 Å². The van der Waals surface area contributed by atoms with Crippen molar-refractivity contribution < 1.29 is 4.42 Å². The first-order valence-electron chi connectivity index (χ1n) is 6.20. The maximum absolute atomic E-state index is 5.65. The smallest absolute Gasteiger partial charge is 0.118 e. The van der Waals surface area contributed by atoms with Crippen molar-refractivity contribution in [1.29, 1.82) is 0 Å². The third kappa shape index (κ3) is 2.66. The predicted molar refractivity (Wildman–Crippen MR) is 64.9 cm³/mol. The molecule has 1 aliphatic heterocycles. The molecule has 2 atom stereocenters. The first kappa shape index (κ1) is 11.7. The van der Waals surface area contributed by atoms with Crippen LogP contribution in [0, 0.1) is 5.92 Å². The van der Waals surface area contributed by atoms with Crippen LogP contribution in [-0.4, -0.2) is 17.5 Å². The Morgan fingerprint density at radius 2 is 2.06 bits per heavy atom. The van der Waals surface area contributed by atoms with Gasteiger partial charge < -0.3 is 10.2 Å². The molecular formula is C13H22N2O. The summed E-state index contributed by atoms with van der Waals surface area (Å²) < 4.78 is 5.65. The van der Waals surface area contributed by atoms with Gasteiger partial charge in [-0.05, 0) is 37.8 Å². The second-order valence-corrected chi connectivity index (χ2v) is 5.03. The van der Waals surface area contributed by atoms with E-state index >= 15 is 0 Å². The molecule has 0 spiro atoms. The Morgan fingerprint density at radius 3 is 2.75 bits per heavy atom. The topological polar surface area (TPSA) is 42.4 Å². The van der Waals surface area contributed by atoms with Crippen LogP contribution in [0.3, 0.4) is 0 Å². The quantitative estimate of drug-likeness (QED) is 0.853. The Morgan fingerprint density at radius 1 is 1.31 bits per heavy atom. The van der Waals surface area contributed by atoms with E-state index in [2.05, 4.69) is 18.7 Å². The molecule has 2 N–H and O–H groups in total. The lowest BCUT2D eigenvalue weighted by atomic mass is 9.95. The Bertz CT molecular complexity index is 334. The highest BCUT2D eigenvalue weighted by atomic mass is 16.3. The van der Waals surface area contributed by atoms with Crippen molar-refractivity contribution in [3.05, 3.63) is 23.7 Å². The van der Waals surface area contributed by atoms with Gasteiger partial charge in [-0.15, -0.1) is 0 Å². The van der Waals surface area contributed by atoms with Gasteiger partial charge in [0.05, 0.1) is 13.1 Å². The van der Waals surface area contributed by atoms with Crippen LogP contribution in [-0.2, 0) is 13.1 Å². The number of furan rings is 1. The third-order valence-corrected chi connectivity index (χ3v) is 3.52. The number of nitrogens with zero attached hydrogens (tertiary/aromatic N) is 1. The summed E-state index contributed by atoms with van der Waals surface area (Å²) in [6, 6.07) is 4.70. The summed E-state index contributed by atoms with van der Waals surface area (Å²) in [6.45, 7) is 7.22. The molecule has 1 saturated heterocycles. The molecule has 90 valence electrons. The maximum Gasteiger partial charge on any atom is 0.118 e. The van der Waals surface area contributed by atoms with Crippen LogP contribution in [0.1, 0.15) is 38.2 Å². The van der Waals surface area contributed by atoms with Crippen molar-refractivity contribution in [3.8, 4) is 0 Å². The number of likely N-dealkylation sites (tertiary alicyclic amines) is 1. The van der Waals surface area contributed by atoms with E-state index in [9.17, 15) is 0 Å². The fraction of sp³-hybridized carbons (Fsp3) is 0.692. The number of piperidine rings is 1. The molecule has 2 heterocycles. The molecule has 2 unspecified atom stereocenters. The lowest BCUT2D eigenvalue weighted by molar-refractivity contribution is 0.108. The molecule has 1 aromatic heterocycles. The van der Waals surface area contributed by atoms with Gasteiger partial charge in [0.25, 0.3) is 0 Å².